The first-order valence-corrected chi connectivity index (χ1v) is 12.8. The molecule has 0 spiro atoms. The summed E-state index contributed by atoms with van der Waals surface area (Å²) in [7, 11) is 0. The average Bonchev–Trinajstić information content (AvgIpc) is 3.72. The molecule has 9 heteroatoms. The first-order chi connectivity index (χ1) is 19.1. The summed E-state index contributed by atoms with van der Waals surface area (Å²) in [6.45, 7) is 0.949. The summed E-state index contributed by atoms with van der Waals surface area (Å²) in [5, 5.41) is 15.3. The monoisotopic (exact) mass is 516 g/mol. The fourth-order valence-electron chi connectivity index (χ4n) is 5.28. The fourth-order valence-corrected chi connectivity index (χ4v) is 5.28. The highest BCUT2D eigenvalue weighted by Crippen LogP contribution is 2.36. The van der Waals surface area contributed by atoms with Gasteiger partial charge in [-0.15, -0.1) is 0 Å². The number of nitrogens with one attached hydrogen (secondary N) is 1. The van der Waals surface area contributed by atoms with Crippen LogP contribution in [-0.4, -0.2) is 42.2 Å². The van der Waals surface area contributed by atoms with Gasteiger partial charge in [-0.3, -0.25) is 0 Å². The standard InChI is InChI=1S/C30H24N6O3/c37-30(38)23-9-8-20(16-26(23)39-22-15-21-10-12-31-29(21)32-18-22)24-17-28-33-27(11-14-36(28)34-24)35-13-4-7-25(35)19-5-2-1-3-6-19/h1-3,5-6,8-12,14-18,25H,4,7,13H2,(H,31,32)(H,37,38). The normalized spacial score (nSPS) is 15.3. The zero-order valence-electron chi connectivity index (χ0n) is 20.9. The molecule has 1 fully saturated rings. The van der Waals surface area contributed by atoms with Crippen molar-refractivity contribution in [2.45, 2.75) is 18.9 Å². The lowest BCUT2D eigenvalue weighted by Gasteiger charge is -2.26. The third-order valence-corrected chi connectivity index (χ3v) is 7.15. The van der Waals surface area contributed by atoms with Crippen molar-refractivity contribution in [2.75, 3.05) is 11.4 Å². The van der Waals surface area contributed by atoms with E-state index in [1.807, 2.05) is 36.5 Å². The number of aromatic carboxylic acids is 1. The fraction of sp³-hybridized carbons (Fsp3) is 0.133. The summed E-state index contributed by atoms with van der Waals surface area (Å²) < 4.78 is 7.75. The molecule has 2 aromatic carbocycles. The van der Waals surface area contributed by atoms with Gasteiger partial charge < -0.3 is 19.7 Å². The molecule has 9 nitrogen and oxygen atoms in total. The molecule has 5 heterocycles. The Bertz CT molecular complexity index is 1830. The van der Waals surface area contributed by atoms with Gasteiger partial charge in [0.2, 0.25) is 0 Å². The third kappa shape index (κ3) is 4.23. The summed E-state index contributed by atoms with van der Waals surface area (Å²) in [5.74, 6) is 0.497. The van der Waals surface area contributed by atoms with Crippen LogP contribution in [0.2, 0.25) is 0 Å². The third-order valence-electron chi connectivity index (χ3n) is 7.15. The quantitative estimate of drug-likeness (QED) is 0.275. The van der Waals surface area contributed by atoms with E-state index in [2.05, 4.69) is 39.1 Å². The van der Waals surface area contributed by atoms with Gasteiger partial charge in [-0.25, -0.2) is 19.3 Å². The first-order valence-electron chi connectivity index (χ1n) is 12.8. The van der Waals surface area contributed by atoms with Crippen molar-refractivity contribution in [2.24, 2.45) is 0 Å². The van der Waals surface area contributed by atoms with Crippen molar-refractivity contribution >= 4 is 28.5 Å². The van der Waals surface area contributed by atoms with Crippen molar-refractivity contribution in [3.05, 3.63) is 103 Å². The van der Waals surface area contributed by atoms with E-state index in [4.69, 9.17) is 14.8 Å². The summed E-state index contributed by atoms with van der Waals surface area (Å²) in [6, 6.07) is 23.4. The lowest BCUT2D eigenvalue weighted by molar-refractivity contribution is 0.0694. The highest BCUT2D eigenvalue weighted by atomic mass is 16.5. The molecule has 4 aromatic heterocycles. The molecule has 192 valence electrons. The number of carboxylic acid groups (broad SMARTS) is 1. The molecule has 0 radical (unpaired) electrons. The molecule has 2 N–H and O–H groups in total. The summed E-state index contributed by atoms with van der Waals surface area (Å²) in [5.41, 5.74) is 4.19. The number of hydrogen-bond acceptors (Lipinski definition) is 6. The molecular formula is C30H24N6O3. The number of H-pyrrole nitrogens is 1. The Morgan fingerprint density at radius 3 is 2.82 bits per heavy atom. The van der Waals surface area contributed by atoms with Gasteiger partial charge in [-0.1, -0.05) is 36.4 Å². The average molecular weight is 517 g/mol. The van der Waals surface area contributed by atoms with Gasteiger partial charge in [0.15, 0.2) is 5.65 Å². The number of benzene rings is 2. The molecule has 0 saturated carbocycles. The summed E-state index contributed by atoms with van der Waals surface area (Å²) in [6.07, 6.45) is 7.48. The molecule has 0 amide bonds. The van der Waals surface area contributed by atoms with Crippen molar-refractivity contribution in [1.82, 2.24) is 24.6 Å². The largest absolute Gasteiger partial charge is 0.478 e. The van der Waals surface area contributed by atoms with E-state index in [9.17, 15) is 9.90 Å². The zero-order valence-corrected chi connectivity index (χ0v) is 20.9. The number of nitrogens with zero attached hydrogens (tertiary/aromatic N) is 5. The molecule has 1 unspecified atom stereocenters. The van der Waals surface area contributed by atoms with E-state index >= 15 is 0 Å². The van der Waals surface area contributed by atoms with Crippen LogP contribution in [0.25, 0.3) is 27.9 Å². The summed E-state index contributed by atoms with van der Waals surface area (Å²) in [4.78, 5) is 26.6. The van der Waals surface area contributed by atoms with Gasteiger partial charge in [-0.05, 0) is 48.7 Å². The van der Waals surface area contributed by atoms with Crippen LogP contribution < -0.4 is 9.64 Å². The van der Waals surface area contributed by atoms with E-state index in [0.717, 1.165) is 41.8 Å². The lowest BCUT2D eigenvalue weighted by Crippen LogP contribution is -2.23. The molecule has 0 bridgehead atoms. The Morgan fingerprint density at radius 1 is 1.05 bits per heavy atom. The minimum Gasteiger partial charge on any atom is -0.478 e. The van der Waals surface area contributed by atoms with Crippen LogP contribution in [0.3, 0.4) is 0 Å². The topological polar surface area (TPSA) is 109 Å². The smallest absolute Gasteiger partial charge is 0.339 e. The van der Waals surface area contributed by atoms with Crippen molar-refractivity contribution in [3.8, 4) is 22.8 Å². The minimum absolute atomic E-state index is 0.0538. The zero-order chi connectivity index (χ0) is 26.3. The molecule has 7 rings (SSSR count). The van der Waals surface area contributed by atoms with Crippen LogP contribution in [-0.2, 0) is 0 Å². The number of anilines is 1. The van der Waals surface area contributed by atoms with Gasteiger partial charge in [0.25, 0.3) is 0 Å². The molecular weight excluding hydrogens is 492 g/mol. The number of hydrogen-bond donors (Lipinski definition) is 2. The van der Waals surface area contributed by atoms with E-state index in [1.54, 1.807) is 29.0 Å². The number of fused-ring (bicyclic) bond motifs is 2. The van der Waals surface area contributed by atoms with E-state index in [0.29, 0.717) is 23.1 Å². The number of carboxylic acids is 1. The molecule has 39 heavy (non-hydrogen) atoms. The van der Waals surface area contributed by atoms with E-state index in [1.165, 1.54) is 11.6 Å². The highest BCUT2D eigenvalue weighted by molar-refractivity contribution is 5.92. The predicted molar refractivity (Wildman–Crippen MR) is 147 cm³/mol. The number of aromatic nitrogens is 5. The molecule has 1 atom stereocenters. The van der Waals surface area contributed by atoms with Crippen LogP contribution in [0, 0.1) is 0 Å². The van der Waals surface area contributed by atoms with Crippen molar-refractivity contribution in [1.29, 1.82) is 0 Å². The number of ether oxygens (including phenoxy) is 1. The van der Waals surface area contributed by atoms with Crippen LogP contribution in [0.4, 0.5) is 5.82 Å². The maximum Gasteiger partial charge on any atom is 0.339 e. The van der Waals surface area contributed by atoms with Crippen LogP contribution >= 0.6 is 0 Å². The van der Waals surface area contributed by atoms with Crippen LogP contribution in [0.1, 0.15) is 34.8 Å². The molecule has 1 aliphatic rings. The Hall–Kier alpha value is -5.18. The number of pyridine rings is 1. The predicted octanol–water partition coefficient (Wildman–Crippen LogP) is 6.10. The number of carbonyl (C=O) groups is 1. The number of rotatable bonds is 6. The molecule has 1 saturated heterocycles. The molecule has 6 aromatic rings. The SMILES string of the molecule is O=C(O)c1ccc(-c2cc3nc(N4CCCC4c4ccccc4)ccn3n2)cc1Oc1cnc2[nH]ccc2c1. The highest BCUT2D eigenvalue weighted by Gasteiger charge is 2.27. The van der Waals surface area contributed by atoms with Gasteiger partial charge >= 0.3 is 5.97 Å². The second kappa shape index (κ2) is 9.29. The van der Waals surface area contributed by atoms with Crippen molar-refractivity contribution < 1.29 is 14.6 Å². The Kier molecular flexibility index (Phi) is 5.47. The lowest BCUT2D eigenvalue weighted by atomic mass is 10.0. The Balaban J connectivity index is 1.22. The maximum absolute atomic E-state index is 11.9. The van der Waals surface area contributed by atoms with E-state index in [-0.39, 0.29) is 11.3 Å². The van der Waals surface area contributed by atoms with Gasteiger partial charge in [0.05, 0.1) is 17.9 Å². The van der Waals surface area contributed by atoms with Crippen LogP contribution in [0.15, 0.2) is 91.4 Å². The Morgan fingerprint density at radius 2 is 1.95 bits per heavy atom. The molecule has 0 aliphatic carbocycles. The summed E-state index contributed by atoms with van der Waals surface area (Å²) >= 11 is 0. The first kappa shape index (κ1) is 23.0. The van der Waals surface area contributed by atoms with E-state index < -0.39 is 5.97 Å². The number of aromatic amines is 1. The van der Waals surface area contributed by atoms with Crippen LogP contribution in [0.5, 0.6) is 11.5 Å². The van der Waals surface area contributed by atoms with Gasteiger partial charge in [0.1, 0.15) is 28.5 Å². The van der Waals surface area contributed by atoms with Crippen molar-refractivity contribution in [3.63, 3.8) is 0 Å². The second-order valence-corrected chi connectivity index (χ2v) is 9.58. The minimum atomic E-state index is -1.08. The molecule has 1 aliphatic heterocycles. The second-order valence-electron chi connectivity index (χ2n) is 9.58. The Labute approximate surface area is 223 Å². The maximum atomic E-state index is 11.9. The van der Waals surface area contributed by atoms with Gasteiger partial charge in [0, 0.05) is 36.0 Å². The van der Waals surface area contributed by atoms with Gasteiger partial charge in [-0.2, -0.15) is 5.10 Å².